The lowest BCUT2D eigenvalue weighted by molar-refractivity contribution is -0.0152. The SMILES string of the molecule is CC(C)C1CCC(O)(Cc2cccc(Cl)c2F)CC1. The molecule has 3 heteroatoms. The number of rotatable bonds is 3. The molecule has 0 heterocycles. The minimum Gasteiger partial charge on any atom is -0.390 e. The van der Waals surface area contributed by atoms with E-state index in [1.807, 2.05) is 0 Å². The van der Waals surface area contributed by atoms with Gasteiger partial charge in [-0.15, -0.1) is 0 Å². The summed E-state index contributed by atoms with van der Waals surface area (Å²) in [7, 11) is 0. The van der Waals surface area contributed by atoms with Gasteiger partial charge in [0.05, 0.1) is 10.6 Å². The predicted molar refractivity (Wildman–Crippen MR) is 76.9 cm³/mol. The van der Waals surface area contributed by atoms with Crippen LogP contribution in [0.4, 0.5) is 4.39 Å². The molecule has 0 aromatic heterocycles. The molecule has 1 aromatic carbocycles. The Balaban J connectivity index is 2.05. The molecule has 0 saturated heterocycles. The van der Waals surface area contributed by atoms with Crippen LogP contribution < -0.4 is 0 Å². The van der Waals surface area contributed by atoms with Crippen molar-refractivity contribution < 1.29 is 9.50 Å². The van der Waals surface area contributed by atoms with Gasteiger partial charge in [-0.1, -0.05) is 37.6 Å². The minimum absolute atomic E-state index is 0.136. The lowest BCUT2D eigenvalue weighted by Gasteiger charge is -2.37. The maximum Gasteiger partial charge on any atom is 0.145 e. The van der Waals surface area contributed by atoms with Crippen LogP contribution in [0, 0.1) is 17.7 Å². The van der Waals surface area contributed by atoms with Crippen LogP contribution in [0.25, 0.3) is 0 Å². The maximum atomic E-state index is 13.9. The number of halogens is 2. The van der Waals surface area contributed by atoms with Crippen molar-refractivity contribution in [1.29, 1.82) is 0 Å². The molecule has 0 bridgehead atoms. The molecule has 0 spiro atoms. The zero-order chi connectivity index (χ0) is 14.0. The van der Waals surface area contributed by atoms with E-state index in [1.54, 1.807) is 18.2 Å². The van der Waals surface area contributed by atoms with Crippen molar-refractivity contribution in [3.8, 4) is 0 Å². The van der Waals surface area contributed by atoms with Crippen molar-refractivity contribution in [2.24, 2.45) is 11.8 Å². The largest absolute Gasteiger partial charge is 0.390 e. The second kappa shape index (κ2) is 5.80. The number of aliphatic hydroxyl groups is 1. The van der Waals surface area contributed by atoms with Crippen molar-refractivity contribution >= 4 is 11.6 Å². The zero-order valence-electron chi connectivity index (χ0n) is 11.6. The highest BCUT2D eigenvalue weighted by atomic mass is 35.5. The van der Waals surface area contributed by atoms with E-state index < -0.39 is 5.60 Å². The summed E-state index contributed by atoms with van der Waals surface area (Å²) >= 11 is 5.79. The quantitative estimate of drug-likeness (QED) is 0.860. The molecule has 19 heavy (non-hydrogen) atoms. The highest BCUT2D eigenvalue weighted by Gasteiger charge is 2.34. The second-order valence-electron chi connectivity index (χ2n) is 6.20. The van der Waals surface area contributed by atoms with Crippen LogP contribution in [0.3, 0.4) is 0 Å². The number of benzene rings is 1. The maximum absolute atomic E-state index is 13.9. The predicted octanol–water partition coefficient (Wildman–Crippen LogP) is 4.60. The Morgan fingerprint density at radius 1 is 1.37 bits per heavy atom. The third-order valence-electron chi connectivity index (χ3n) is 4.45. The van der Waals surface area contributed by atoms with Crippen molar-refractivity contribution in [3.05, 3.63) is 34.6 Å². The third-order valence-corrected chi connectivity index (χ3v) is 4.75. The molecule has 0 atom stereocenters. The van der Waals surface area contributed by atoms with Gasteiger partial charge in [0, 0.05) is 6.42 Å². The molecule has 106 valence electrons. The average molecular weight is 285 g/mol. The van der Waals surface area contributed by atoms with Gasteiger partial charge in [-0.3, -0.25) is 0 Å². The van der Waals surface area contributed by atoms with Crippen LogP contribution in [-0.2, 0) is 6.42 Å². The minimum atomic E-state index is -0.767. The molecule has 1 nitrogen and oxygen atoms in total. The van der Waals surface area contributed by atoms with E-state index in [9.17, 15) is 9.50 Å². The molecule has 0 radical (unpaired) electrons. The molecule has 1 saturated carbocycles. The molecular weight excluding hydrogens is 263 g/mol. The summed E-state index contributed by atoms with van der Waals surface area (Å²) in [5, 5.41) is 10.8. The standard InChI is InChI=1S/C16H22ClFO/c1-11(2)12-6-8-16(19,9-7-12)10-13-4-3-5-14(17)15(13)18/h3-5,11-12,19H,6-10H2,1-2H3. The van der Waals surface area contributed by atoms with Gasteiger partial charge in [0.15, 0.2) is 0 Å². The van der Waals surface area contributed by atoms with Crippen molar-refractivity contribution in [2.45, 2.75) is 51.6 Å². The molecule has 1 aliphatic rings. The summed E-state index contributed by atoms with van der Waals surface area (Å²) in [6, 6.07) is 5.00. The van der Waals surface area contributed by atoms with Crippen molar-refractivity contribution in [1.82, 2.24) is 0 Å². The molecule has 1 aromatic rings. The van der Waals surface area contributed by atoms with Gasteiger partial charge in [-0.05, 0) is 49.1 Å². The second-order valence-corrected chi connectivity index (χ2v) is 6.60. The Labute approximate surface area is 119 Å². The average Bonchev–Trinajstić information content (AvgIpc) is 2.35. The fraction of sp³-hybridized carbons (Fsp3) is 0.625. The van der Waals surface area contributed by atoms with Gasteiger partial charge in [-0.2, -0.15) is 0 Å². The van der Waals surface area contributed by atoms with Gasteiger partial charge in [-0.25, -0.2) is 4.39 Å². The van der Waals surface area contributed by atoms with Crippen LogP contribution in [0.2, 0.25) is 5.02 Å². The van der Waals surface area contributed by atoms with Crippen molar-refractivity contribution in [3.63, 3.8) is 0 Å². The van der Waals surface area contributed by atoms with Gasteiger partial charge in [0.2, 0.25) is 0 Å². The summed E-state index contributed by atoms with van der Waals surface area (Å²) in [5.41, 5.74) is -0.241. The van der Waals surface area contributed by atoms with Crippen LogP contribution in [-0.4, -0.2) is 10.7 Å². The highest BCUT2D eigenvalue weighted by molar-refractivity contribution is 6.30. The number of hydrogen-bond acceptors (Lipinski definition) is 1. The lowest BCUT2D eigenvalue weighted by Crippen LogP contribution is -2.37. The molecule has 0 aliphatic heterocycles. The van der Waals surface area contributed by atoms with E-state index in [-0.39, 0.29) is 10.8 Å². The summed E-state index contributed by atoms with van der Waals surface area (Å²) < 4.78 is 13.9. The van der Waals surface area contributed by atoms with E-state index >= 15 is 0 Å². The Hall–Kier alpha value is -0.600. The summed E-state index contributed by atoms with van der Waals surface area (Å²) in [6.07, 6.45) is 3.92. The van der Waals surface area contributed by atoms with Crippen LogP contribution >= 0.6 is 11.6 Å². The Kier molecular flexibility index (Phi) is 4.52. The summed E-state index contributed by atoms with van der Waals surface area (Å²) in [4.78, 5) is 0. The van der Waals surface area contributed by atoms with Crippen LogP contribution in [0.15, 0.2) is 18.2 Å². The highest BCUT2D eigenvalue weighted by Crippen LogP contribution is 2.38. The first-order chi connectivity index (χ1) is 8.91. The molecule has 0 amide bonds. The molecule has 1 N–H and O–H groups in total. The van der Waals surface area contributed by atoms with Crippen LogP contribution in [0.1, 0.15) is 45.1 Å². The Bertz CT molecular complexity index is 436. The third kappa shape index (κ3) is 3.49. The normalized spacial score (nSPS) is 27.8. The van der Waals surface area contributed by atoms with E-state index in [1.165, 1.54) is 0 Å². The van der Waals surface area contributed by atoms with E-state index in [0.29, 0.717) is 23.8 Å². The molecule has 0 unspecified atom stereocenters. The van der Waals surface area contributed by atoms with Crippen LogP contribution in [0.5, 0.6) is 0 Å². The first kappa shape index (κ1) is 14.8. The Morgan fingerprint density at radius 2 is 2.00 bits per heavy atom. The van der Waals surface area contributed by atoms with Gasteiger partial charge < -0.3 is 5.11 Å². The topological polar surface area (TPSA) is 20.2 Å². The van der Waals surface area contributed by atoms with Gasteiger partial charge >= 0.3 is 0 Å². The zero-order valence-corrected chi connectivity index (χ0v) is 12.4. The number of hydrogen-bond donors (Lipinski definition) is 1. The van der Waals surface area contributed by atoms with Gasteiger partial charge in [0.1, 0.15) is 5.82 Å². The first-order valence-corrected chi connectivity index (χ1v) is 7.44. The smallest absolute Gasteiger partial charge is 0.145 e. The molecule has 2 rings (SSSR count). The fourth-order valence-corrected chi connectivity index (χ4v) is 3.25. The van der Waals surface area contributed by atoms with E-state index in [4.69, 9.17) is 11.6 Å². The lowest BCUT2D eigenvalue weighted by atomic mass is 9.72. The molecule has 1 aliphatic carbocycles. The molecule has 1 fully saturated rings. The van der Waals surface area contributed by atoms with Gasteiger partial charge in [0.25, 0.3) is 0 Å². The summed E-state index contributed by atoms with van der Waals surface area (Å²) in [5.74, 6) is 0.959. The molecular formula is C16H22ClFO. The monoisotopic (exact) mass is 284 g/mol. The Morgan fingerprint density at radius 3 is 2.58 bits per heavy atom. The summed E-state index contributed by atoms with van der Waals surface area (Å²) in [6.45, 7) is 4.46. The van der Waals surface area contributed by atoms with Crippen molar-refractivity contribution in [2.75, 3.05) is 0 Å². The van der Waals surface area contributed by atoms with E-state index in [0.717, 1.165) is 25.7 Å². The van der Waals surface area contributed by atoms with E-state index in [2.05, 4.69) is 13.8 Å². The fourth-order valence-electron chi connectivity index (χ4n) is 3.06. The first-order valence-electron chi connectivity index (χ1n) is 7.06.